The van der Waals surface area contributed by atoms with Gasteiger partial charge in [-0.1, -0.05) is 6.42 Å². The van der Waals surface area contributed by atoms with E-state index in [-0.39, 0.29) is 17.9 Å². The molecule has 3 rings (SSSR count). The third-order valence-electron chi connectivity index (χ3n) is 4.15. The van der Waals surface area contributed by atoms with Gasteiger partial charge in [0, 0.05) is 16.5 Å². The minimum atomic E-state index is -0.0898. The van der Waals surface area contributed by atoms with E-state index in [1.807, 2.05) is 12.1 Å². The lowest BCUT2D eigenvalue weighted by Crippen LogP contribution is -2.39. The van der Waals surface area contributed by atoms with Crippen molar-refractivity contribution in [3.63, 3.8) is 0 Å². The first kappa shape index (κ1) is 14.4. The average Bonchev–Trinajstić information content (AvgIpc) is 2.93. The third kappa shape index (κ3) is 3.06. The van der Waals surface area contributed by atoms with Gasteiger partial charge in [0.15, 0.2) is 0 Å². The summed E-state index contributed by atoms with van der Waals surface area (Å²) in [7, 11) is 0. The first-order valence-electron chi connectivity index (χ1n) is 7.25. The number of carbonyl (C=O) groups excluding carboxylic acids is 2. The topological polar surface area (TPSA) is 84.2 Å². The van der Waals surface area contributed by atoms with Crippen LogP contribution in [0.25, 0.3) is 0 Å². The monoisotopic (exact) mass is 305 g/mol. The Kier molecular flexibility index (Phi) is 4.17. The van der Waals surface area contributed by atoms with Crippen molar-refractivity contribution in [2.45, 2.75) is 30.2 Å². The molecule has 2 atom stereocenters. The van der Waals surface area contributed by atoms with Gasteiger partial charge in [-0.15, -0.1) is 11.8 Å². The second-order valence-corrected chi connectivity index (χ2v) is 6.57. The van der Waals surface area contributed by atoms with E-state index in [0.29, 0.717) is 23.8 Å². The van der Waals surface area contributed by atoms with E-state index in [1.54, 1.807) is 6.07 Å². The van der Waals surface area contributed by atoms with Gasteiger partial charge in [0.25, 0.3) is 5.91 Å². The van der Waals surface area contributed by atoms with Crippen molar-refractivity contribution >= 4 is 29.3 Å². The summed E-state index contributed by atoms with van der Waals surface area (Å²) < 4.78 is 0. The predicted molar refractivity (Wildman–Crippen MR) is 83.4 cm³/mol. The zero-order valence-corrected chi connectivity index (χ0v) is 12.5. The fourth-order valence-electron chi connectivity index (χ4n) is 2.99. The van der Waals surface area contributed by atoms with Crippen molar-refractivity contribution in [2.24, 2.45) is 11.7 Å². The lowest BCUT2D eigenvalue weighted by Gasteiger charge is -2.21. The van der Waals surface area contributed by atoms with Crippen LogP contribution in [0.5, 0.6) is 0 Å². The Morgan fingerprint density at radius 2 is 2.29 bits per heavy atom. The van der Waals surface area contributed by atoms with E-state index < -0.39 is 0 Å². The molecule has 0 saturated heterocycles. The normalized spacial score (nSPS) is 24.3. The summed E-state index contributed by atoms with van der Waals surface area (Å²) in [5, 5.41) is 5.88. The molecule has 6 heteroatoms. The highest BCUT2D eigenvalue weighted by atomic mass is 32.2. The van der Waals surface area contributed by atoms with Gasteiger partial charge in [-0.2, -0.15) is 0 Å². The van der Waals surface area contributed by atoms with E-state index in [1.165, 1.54) is 11.8 Å². The number of benzene rings is 1. The molecule has 2 amide bonds. The minimum Gasteiger partial charge on any atom is -0.349 e. The van der Waals surface area contributed by atoms with E-state index in [9.17, 15) is 9.59 Å². The molecule has 1 aromatic rings. The van der Waals surface area contributed by atoms with Gasteiger partial charge < -0.3 is 16.4 Å². The first-order valence-corrected chi connectivity index (χ1v) is 8.23. The van der Waals surface area contributed by atoms with E-state index >= 15 is 0 Å². The van der Waals surface area contributed by atoms with Gasteiger partial charge in [-0.05, 0) is 43.5 Å². The smallest absolute Gasteiger partial charge is 0.251 e. The fourth-order valence-corrected chi connectivity index (χ4v) is 3.77. The molecular weight excluding hydrogens is 286 g/mol. The summed E-state index contributed by atoms with van der Waals surface area (Å²) in [6.45, 7) is 0.613. The molecule has 1 aliphatic heterocycles. The molecule has 0 radical (unpaired) electrons. The van der Waals surface area contributed by atoms with E-state index in [4.69, 9.17) is 5.73 Å². The highest BCUT2D eigenvalue weighted by Gasteiger charge is 2.28. The van der Waals surface area contributed by atoms with Gasteiger partial charge in [-0.25, -0.2) is 0 Å². The molecule has 1 aromatic carbocycles. The number of hydrogen-bond acceptors (Lipinski definition) is 4. The molecule has 2 unspecified atom stereocenters. The molecule has 1 fully saturated rings. The van der Waals surface area contributed by atoms with Crippen LogP contribution in [0.15, 0.2) is 23.1 Å². The maximum atomic E-state index is 12.4. The van der Waals surface area contributed by atoms with Gasteiger partial charge in [-0.3, -0.25) is 9.59 Å². The molecule has 0 aromatic heterocycles. The van der Waals surface area contributed by atoms with Crippen molar-refractivity contribution < 1.29 is 9.59 Å². The van der Waals surface area contributed by atoms with Crippen LogP contribution in [0, 0.1) is 5.92 Å². The van der Waals surface area contributed by atoms with Crippen LogP contribution in [0.4, 0.5) is 5.69 Å². The Hall–Kier alpha value is -1.53. The Morgan fingerprint density at radius 1 is 1.43 bits per heavy atom. The summed E-state index contributed by atoms with van der Waals surface area (Å²) >= 11 is 1.49. The molecule has 5 nitrogen and oxygen atoms in total. The van der Waals surface area contributed by atoms with Crippen LogP contribution in [0.2, 0.25) is 0 Å². The second-order valence-electron chi connectivity index (χ2n) is 5.55. The number of nitrogens with two attached hydrogens (primary N) is 1. The van der Waals surface area contributed by atoms with Crippen LogP contribution in [0.1, 0.15) is 29.6 Å². The second kappa shape index (κ2) is 6.07. The zero-order valence-electron chi connectivity index (χ0n) is 11.7. The summed E-state index contributed by atoms with van der Waals surface area (Å²) in [5.41, 5.74) is 7.05. The molecule has 1 saturated carbocycles. The maximum absolute atomic E-state index is 12.4. The molecule has 4 N–H and O–H groups in total. The van der Waals surface area contributed by atoms with Crippen molar-refractivity contribution in [3.8, 4) is 0 Å². The van der Waals surface area contributed by atoms with Crippen molar-refractivity contribution in [1.29, 1.82) is 0 Å². The van der Waals surface area contributed by atoms with Crippen molar-refractivity contribution in [1.82, 2.24) is 5.32 Å². The van der Waals surface area contributed by atoms with Gasteiger partial charge in [0.1, 0.15) is 0 Å². The number of hydrogen-bond donors (Lipinski definition) is 3. The fraction of sp³-hybridized carbons (Fsp3) is 0.467. The Morgan fingerprint density at radius 3 is 3.10 bits per heavy atom. The number of carbonyl (C=O) groups is 2. The number of rotatable bonds is 3. The van der Waals surface area contributed by atoms with E-state index in [0.717, 1.165) is 29.8 Å². The van der Waals surface area contributed by atoms with Crippen LogP contribution >= 0.6 is 11.8 Å². The lowest BCUT2D eigenvalue weighted by atomic mass is 10.0. The zero-order chi connectivity index (χ0) is 14.8. The minimum absolute atomic E-state index is 0.0240. The third-order valence-corrected chi connectivity index (χ3v) is 5.23. The van der Waals surface area contributed by atoms with Gasteiger partial charge in [0.05, 0.1) is 11.4 Å². The van der Waals surface area contributed by atoms with Gasteiger partial charge in [0.2, 0.25) is 5.91 Å². The summed E-state index contributed by atoms with van der Waals surface area (Å²) in [6.07, 6.45) is 3.19. The van der Waals surface area contributed by atoms with Crippen LogP contribution in [0.3, 0.4) is 0 Å². The molecule has 0 spiro atoms. The summed E-state index contributed by atoms with van der Waals surface area (Å²) in [4.78, 5) is 24.8. The molecule has 1 aliphatic carbocycles. The lowest BCUT2D eigenvalue weighted by molar-refractivity contribution is -0.113. The number of thioether (sulfide) groups is 1. The molecule has 112 valence electrons. The van der Waals surface area contributed by atoms with Crippen molar-refractivity contribution in [3.05, 3.63) is 23.8 Å². The number of nitrogens with one attached hydrogen (secondary N) is 2. The van der Waals surface area contributed by atoms with Crippen LogP contribution in [-0.2, 0) is 4.79 Å². The molecular formula is C15H19N3O2S. The van der Waals surface area contributed by atoms with E-state index in [2.05, 4.69) is 10.6 Å². The Labute approximate surface area is 128 Å². The molecule has 1 heterocycles. The standard InChI is InChI=1S/C15H19N3O2S/c16-7-10-2-1-3-11(10)18-15(20)9-4-5-13-12(6-9)17-14(19)8-21-13/h4-6,10-11H,1-3,7-8,16H2,(H,17,19)(H,18,20). The maximum Gasteiger partial charge on any atom is 0.251 e. The SMILES string of the molecule is NCC1CCCC1NC(=O)c1ccc2c(c1)NC(=O)CS2. The van der Waals surface area contributed by atoms with Crippen LogP contribution in [-0.4, -0.2) is 30.2 Å². The summed E-state index contributed by atoms with van der Waals surface area (Å²) in [5.74, 6) is 0.692. The largest absolute Gasteiger partial charge is 0.349 e. The molecule has 21 heavy (non-hydrogen) atoms. The van der Waals surface area contributed by atoms with Crippen LogP contribution < -0.4 is 16.4 Å². The van der Waals surface area contributed by atoms with Crippen molar-refractivity contribution in [2.75, 3.05) is 17.6 Å². The predicted octanol–water partition coefficient (Wildman–Crippen LogP) is 1.59. The first-order chi connectivity index (χ1) is 10.2. The number of fused-ring (bicyclic) bond motifs is 1. The Bertz CT molecular complexity index is 576. The quantitative estimate of drug-likeness (QED) is 0.792. The number of anilines is 1. The highest BCUT2D eigenvalue weighted by Crippen LogP contribution is 2.32. The van der Waals surface area contributed by atoms with Gasteiger partial charge >= 0.3 is 0 Å². The highest BCUT2D eigenvalue weighted by molar-refractivity contribution is 8.00. The summed E-state index contributed by atoms with van der Waals surface area (Å²) in [6, 6.07) is 5.62. The Balaban J connectivity index is 1.73. The molecule has 2 aliphatic rings. The number of amides is 2. The molecule has 0 bridgehead atoms. The average molecular weight is 305 g/mol.